The summed E-state index contributed by atoms with van der Waals surface area (Å²) in [4.78, 5) is 54.2. The van der Waals surface area contributed by atoms with Crippen LogP contribution in [-0.4, -0.2) is 69.2 Å². The number of para-hydroxylation sites is 8. The van der Waals surface area contributed by atoms with Gasteiger partial charge in [-0.1, -0.05) is 244 Å². The summed E-state index contributed by atoms with van der Waals surface area (Å²) >= 11 is 0. The number of imidazole rings is 4. The Labute approximate surface area is 886 Å². The molecule has 1 aliphatic rings. The summed E-state index contributed by atoms with van der Waals surface area (Å²) in [5, 5.41) is 24.0. The Hall–Kier alpha value is -14.2. The van der Waals surface area contributed by atoms with Gasteiger partial charge in [0.15, 0.2) is 0 Å². The number of phenolic OH excluding ortho intramolecular Hbond substituents is 1. The van der Waals surface area contributed by atoms with Gasteiger partial charge in [-0.15, -0.1) is 83.3 Å². The summed E-state index contributed by atoms with van der Waals surface area (Å²) in [6, 6.07) is 88.3. The van der Waals surface area contributed by atoms with Crippen LogP contribution < -0.4 is 4.98 Å². The zero-order valence-corrected chi connectivity index (χ0v) is 87.4. The number of hydrogen-bond donors (Lipinski definition) is 1. The molecular formula is C112H77F13N15O2Pt4-. The number of pyridine rings is 4. The van der Waals surface area contributed by atoms with E-state index < -0.39 is 97.5 Å². The molecule has 8 bridgehead atoms. The molecule has 10 heterocycles. The Morgan fingerprint density at radius 2 is 0.904 bits per heavy atom. The van der Waals surface area contributed by atoms with Gasteiger partial charge in [-0.25, -0.2) is 4.39 Å². The number of benzene rings is 11. The molecular weight excluding hydrogens is 2610 g/mol. The predicted octanol–water partition coefficient (Wildman–Crippen LogP) is 26.5. The summed E-state index contributed by atoms with van der Waals surface area (Å²) < 4.78 is 193. The van der Waals surface area contributed by atoms with Crippen LogP contribution in [0.2, 0.25) is 0 Å². The van der Waals surface area contributed by atoms with Crippen LogP contribution in [0.1, 0.15) is 114 Å². The number of aryl methyl sites for hydroxylation is 4. The molecule has 146 heavy (non-hydrogen) atoms. The van der Waals surface area contributed by atoms with Crippen molar-refractivity contribution in [3.05, 3.63) is 411 Å². The number of hydrogen-bond acceptors (Lipinski definition) is 11. The summed E-state index contributed by atoms with van der Waals surface area (Å²) in [6.07, 6.45) is -8.45. The second-order valence-corrected chi connectivity index (χ2v) is 35.2. The van der Waals surface area contributed by atoms with E-state index in [1.54, 1.807) is 132 Å². The molecule has 0 saturated carbocycles. The molecule has 0 unspecified atom stereocenters. The van der Waals surface area contributed by atoms with E-state index >= 15 is 0 Å². The van der Waals surface area contributed by atoms with Crippen molar-refractivity contribution in [3.8, 4) is 102 Å². The third kappa shape index (κ3) is 20.9. The number of amides is 1. The van der Waals surface area contributed by atoms with Crippen LogP contribution in [0.25, 0.3) is 140 Å². The van der Waals surface area contributed by atoms with Crippen LogP contribution in [0.3, 0.4) is 0 Å². The van der Waals surface area contributed by atoms with Crippen molar-refractivity contribution in [1.29, 1.82) is 5.26 Å². The number of aromatic nitrogens is 13. The number of nitrogens with zero attached hydrogens (tertiary/aromatic N) is 15. The van der Waals surface area contributed by atoms with Crippen molar-refractivity contribution in [2.45, 2.75) is 76.6 Å². The quantitative estimate of drug-likeness (QED) is 0.0687. The number of carbonyl (C=O) groups excluding carboxylic acids is 1. The number of aromatic hydroxyl groups is 1. The SMILES string of the molecule is CC1(C)c2cccc(n2)-c2[c-]c(c(F)c(F)c2F)-c2cccc(n2)C(C)(C)c2ccc1[n-]2.Cn1c(-c2[c-]c(-c3nc4c(C(=O)[N-]c5ccccc5)cccc4n3C)cc(C(F)(F)F)c2)nc2ccccc21.Cn1c(-c2[c-]c(-c3nc4c(C(C)(C)c5[c-]cc(F)cc5F)cccc4n3C)cc(C#N)c2)nc2ccccc21.Oc1ccccc1Cc1cccc(-c2[c-]c(-c3ccccn3)c(F)c(C(F)(F)F)c2F)n1.[Pt+2].[Pt+2].[Pt+2].[Pt]. The first-order chi connectivity index (χ1) is 67.7. The van der Waals surface area contributed by atoms with Gasteiger partial charge in [-0.05, 0) is 94.4 Å². The maximum Gasteiger partial charge on any atom is 2.00 e. The number of phenols is 1. The van der Waals surface area contributed by atoms with E-state index in [4.69, 9.17) is 15.0 Å². The van der Waals surface area contributed by atoms with Crippen molar-refractivity contribution in [2.75, 3.05) is 0 Å². The largest absolute Gasteiger partial charge is 2.00 e. The summed E-state index contributed by atoms with van der Waals surface area (Å²) in [5.74, 6) is -7.74. The fraction of sp³-hybridized carbons (Fsp3) is 0.143. The zero-order chi connectivity index (χ0) is 101. The minimum absolute atomic E-state index is 0. The van der Waals surface area contributed by atoms with Crippen molar-refractivity contribution in [1.82, 2.24) is 63.1 Å². The van der Waals surface area contributed by atoms with Crippen LogP contribution in [0.5, 0.6) is 5.75 Å². The van der Waals surface area contributed by atoms with Gasteiger partial charge in [0, 0.05) is 130 Å². The topological polar surface area (TPSA) is 212 Å². The van der Waals surface area contributed by atoms with E-state index in [0.717, 1.165) is 63.3 Å². The maximum absolute atomic E-state index is 14.9. The van der Waals surface area contributed by atoms with Crippen LogP contribution >= 0.6 is 0 Å². The minimum atomic E-state index is -5.28. The summed E-state index contributed by atoms with van der Waals surface area (Å²) in [5.41, 5.74) is 6.72. The van der Waals surface area contributed by atoms with Crippen molar-refractivity contribution in [2.24, 2.45) is 28.2 Å². The molecule has 9 aromatic heterocycles. The third-order valence-corrected chi connectivity index (χ3v) is 25.0. The maximum atomic E-state index is 14.9. The van der Waals surface area contributed by atoms with E-state index in [-0.39, 0.29) is 158 Å². The van der Waals surface area contributed by atoms with Crippen molar-refractivity contribution in [3.63, 3.8) is 0 Å². The van der Waals surface area contributed by atoms with Crippen molar-refractivity contribution < 1.29 is 151 Å². The van der Waals surface area contributed by atoms with E-state index in [2.05, 4.69) is 71.6 Å². The molecule has 1 amide bonds. The second kappa shape index (κ2) is 42.8. The van der Waals surface area contributed by atoms with Gasteiger partial charge in [0.05, 0.1) is 108 Å². The number of alkyl halides is 6. The molecule has 20 aromatic rings. The van der Waals surface area contributed by atoms with Gasteiger partial charge in [-0.2, -0.15) is 37.7 Å². The molecule has 0 radical (unpaired) electrons. The molecule has 0 fully saturated rings. The third-order valence-electron chi connectivity index (χ3n) is 25.0. The van der Waals surface area contributed by atoms with Crippen LogP contribution in [0, 0.1) is 82.4 Å². The molecule has 21 rings (SSSR count). The molecule has 17 nitrogen and oxygen atoms in total. The number of nitriles is 1. The van der Waals surface area contributed by atoms with Crippen LogP contribution in [0.4, 0.5) is 62.8 Å². The number of fused-ring (bicyclic) bond motifs is 14. The normalized spacial score (nSPS) is 12.3. The Balaban J connectivity index is 0.000000153. The van der Waals surface area contributed by atoms with Gasteiger partial charge in [0.1, 0.15) is 11.6 Å². The van der Waals surface area contributed by atoms with Gasteiger partial charge in [0.2, 0.25) is 0 Å². The van der Waals surface area contributed by atoms with Crippen LogP contribution in [-0.2, 0) is 147 Å². The minimum Gasteiger partial charge on any atom is -0.663 e. The molecule has 34 heteroatoms. The Bertz CT molecular complexity index is 8320. The van der Waals surface area contributed by atoms with E-state index in [1.165, 1.54) is 42.6 Å². The van der Waals surface area contributed by atoms with Gasteiger partial charge >= 0.3 is 75.5 Å². The van der Waals surface area contributed by atoms with Crippen LogP contribution in [0.15, 0.2) is 267 Å². The predicted molar refractivity (Wildman–Crippen MR) is 513 cm³/mol. The monoisotopic (exact) mass is 2690 g/mol. The van der Waals surface area contributed by atoms with E-state index in [9.17, 15) is 72.2 Å². The molecule has 1 N–H and O–H groups in total. The molecule has 1 aliphatic heterocycles. The zero-order valence-electron chi connectivity index (χ0n) is 78.4. The Kier molecular flexibility index (Phi) is 31.5. The molecule has 0 spiro atoms. The molecule has 744 valence electrons. The fourth-order valence-corrected chi connectivity index (χ4v) is 17.3. The standard InChI is InChI=1S/C32H23F2N5.C30H21F3N5O.C26H20F3N3.C24H14F5N2O.4Pt/c1-32(2,23-13-12-22(33)17-25(23)34)24-8-7-11-28-29(24)37-31(39(28)4)21-15-19(18-35)14-20(16-21)30-36-26-9-5-6-10-27(26)38(30)3;1-37-24-13-7-6-12-23(24)35-27(37)18-15-19(17-20(16-18)30(31,32)33)28-36-26-22(11-8-14-25(26)38(28)2)29(39)34-21-9-4-3-5-10-21;1-25(2)18-9-5-7-16(30-18)14-13-15(23(28)24(29)22(14)27)17-8-6-10-19(31-17)26(3,4)21-12-11-20(25)32-21;25-22-16(18-8-3-4-11-30-18)13-17(23(26)21(22)24(27,28)29)19-9-5-7-15(31-19)12-14-6-1-2-10-20(14)32;;;;/h5-12,14-15,17H,1-4H3;3-14,16-17H,1-2H3,(H,34,39);5-12H,1-4H3;1-11,32H,12H2;;;;/q-2;-1;-2;-1;;3*+2/p-1. The first-order valence-electron chi connectivity index (χ1n) is 44.2. The Morgan fingerprint density at radius 1 is 0.459 bits per heavy atom. The van der Waals surface area contributed by atoms with E-state index in [1.807, 2.05) is 156 Å². The number of carbonyl (C=O) groups is 1. The van der Waals surface area contributed by atoms with Crippen molar-refractivity contribution >= 4 is 55.7 Å². The average molecular weight is 2690 g/mol. The van der Waals surface area contributed by atoms with Gasteiger partial charge in [-0.3, -0.25) is 66.2 Å². The molecule has 0 saturated heterocycles. The summed E-state index contributed by atoms with van der Waals surface area (Å²) in [7, 11) is 7.28. The Morgan fingerprint density at radius 3 is 1.42 bits per heavy atom. The molecule has 0 aliphatic carbocycles. The number of halogens is 13. The summed E-state index contributed by atoms with van der Waals surface area (Å²) in [6.45, 7) is 11.6. The second-order valence-electron chi connectivity index (χ2n) is 35.2. The number of rotatable bonds is 12. The van der Waals surface area contributed by atoms with Gasteiger partial charge < -0.3 is 38.5 Å². The first kappa shape index (κ1) is 108. The van der Waals surface area contributed by atoms with Gasteiger partial charge in [0.25, 0.3) is 0 Å². The smallest absolute Gasteiger partial charge is 0.663 e. The van der Waals surface area contributed by atoms with E-state index in [0.29, 0.717) is 84.6 Å². The average Bonchev–Trinajstić information content (AvgIpc) is 1.55. The first-order valence-corrected chi connectivity index (χ1v) is 44.2. The molecule has 11 aromatic carbocycles. The molecule has 0 atom stereocenters. The fourth-order valence-electron chi connectivity index (χ4n) is 17.3.